The van der Waals surface area contributed by atoms with Crippen LogP contribution < -0.4 is 5.73 Å². The van der Waals surface area contributed by atoms with E-state index in [0.717, 1.165) is 25.0 Å². The van der Waals surface area contributed by atoms with E-state index in [1.807, 2.05) is 12.1 Å². The number of unbranched alkanes of at least 4 members (excludes halogenated alkanes) is 1. The first-order valence-corrected chi connectivity index (χ1v) is 4.14. The molecule has 0 spiro atoms. The van der Waals surface area contributed by atoms with E-state index in [1.165, 1.54) is 0 Å². The van der Waals surface area contributed by atoms with Crippen molar-refractivity contribution in [2.45, 2.75) is 19.3 Å². The van der Waals surface area contributed by atoms with Crippen molar-refractivity contribution in [3.05, 3.63) is 24.0 Å². The SMILES string of the molecule is Nc1ccc(CCCCO)nc1. The molecule has 0 fully saturated rings. The Morgan fingerprint density at radius 1 is 1.33 bits per heavy atom. The Hall–Kier alpha value is -1.09. The largest absolute Gasteiger partial charge is 0.397 e. The van der Waals surface area contributed by atoms with E-state index in [1.54, 1.807) is 6.20 Å². The Labute approximate surface area is 72.2 Å². The molecule has 0 atom stereocenters. The summed E-state index contributed by atoms with van der Waals surface area (Å²) in [6, 6.07) is 3.77. The van der Waals surface area contributed by atoms with Crippen molar-refractivity contribution in [2.24, 2.45) is 0 Å². The van der Waals surface area contributed by atoms with E-state index >= 15 is 0 Å². The van der Waals surface area contributed by atoms with Crippen LogP contribution >= 0.6 is 0 Å². The van der Waals surface area contributed by atoms with E-state index in [2.05, 4.69) is 4.98 Å². The lowest BCUT2D eigenvalue weighted by molar-refractivity contribution is 0.284. The standard InChI is InChI=1S/C9H14N2O/c10-8-4-5-9(11-7-8)3-1-2-6-12/h4-5,7,12H,1-3,6,10H2. The number of aryl methyl sites for hydroxylation is 1. The lowest BCUT2D eigenvalue weighted by Crippen LogP contribution is -1.93. The lowest BCUT2D eigenvalue weighted by Gasteiger charge is -1.99. The number of hydrogen-bond donors (Lipinski definition) is 2. The molecule has 3 heteroatoms. The van der Waals surface area contributed by atoms with Crippen LogP contribution in [0.2, 0.25) is 0 Å². The summed E-state index contributed by atoms with van der Waals surface area (Å²) in [5.74, 6) is 0. The van der Waals surface area contributed by atoms with Gasteiger partial charge in [0.1, 0.15) is 0 Å². The van der Waals surface area contributed by atoms with E-state index in [9.17, 15) is 0 Å². The van der Waals surface area contributed by atoms with Gasteiger partial charge < -0.3 is 10.8 Å². The lowest BCUT2D eigenvalue weighted by atomic mass is 10.2. The topological polar surface area (TPSA) is 59.1 Å². The number of aliphatic hydroxyl groups is 1. The van der Waals surface area contributed by atoms with Gasteiger partial charge in [-0.15, -0.1) is 0 Å². The van der Waals surface area contributed by atoms with Gasteiger partial charge in [-0.3, -0.25) is 4.98 Å². The second-order valence-electron chi connectivity index (χ2n) is 2.76. The average Bonchev–Trinajstić information content (AvgIpc) is 2.09. The highest BCUT2D eigenvalue weighted by atomic mass is 16.2. The minimum atomic E-state index is 0.259. The minimum Gasteiger partial charge on any atom is -0.397 e. The van der Waals surface area contributed by atoms with Crippen LogP contribution in [0, 0.1) is 0 Å². The van der Waals surface area contributed by atoms with Crippen molar-refractivity contribution in [3.8, 4) is 0 Å². The molecule has 3 N–H and O–H groups in total. The highest BCUT2D eigenvalue weighted by molar-refractivity contribution is 5.34. The van der Waals surface area contributed by atoms with Crippen molar-refractivity contribution >= 4 is 5.69 Å². The highest BCUT2D eigenvalue weighted by Gasteiger charge is 1.93. The van der Waals surface area contributed by atoms with Crippen LogP contribution in [-0.4, -0.2) is 16.7 Å². The second-order valence-corrected chi connectivity index (χ2v) is 2.76. The van der Waals surface area contributed by atoms with Gasteiger partial charge in [0.15, 0.2) is 0 Å². The third-order valence-corrected chi connectivity index (χ3v) is 1.69. The number of nitrogens with zero attached hydrogens (tertiary/aromatic N) is 1. The number of hydrogen-bond acceptors (Lipinski definition) is 3. The Bertz CT molecular complexity index is 220. The van der Waals surface area contributed by atoms with E-state index in [-0.39, 0.29) is 6.61 Å². The maximum Gasteiger partial charge on any atom is 0.0501 e. The van der Waals surface area contributed by atoms with Gasteiger partial charge in [0, 0.05) is 12.3 Å². The van der Waals surface area contributed by atoms with Crippen LogP contribution in [0.4, 0.5) is 5.69 Å². The van der Waals surface area contributed by atoms with Crippen molar-refractivity contribution in [3.63, 3.8) is 0 Å². The summed E-state index contributed by atoms with van der Waals surface area (Å²) in [4.78, 5) is 4.14. The van der Waals surface area contributed by atoms with Crippen LogP contribution in [0.25, 0.3) is 0 Å². The molecule has 1 heterocycles. The molecule has 0 aliphatic carbocycles. The number of nitrogens with two attached hydrogens (primary N) is 1. The summed E-state index contributed by atoms with van der Waals surface area (Å²) < 4.78 is 0. The van der Waals surface area contributed by atoms with Crippen molar-refractivity contribution in [1.82, 2.24) is 4.98 Å². The highest BCUT2D eigenvalue weighted by Crippen LogP contribution is 2.04. The number of rotatable bonds is 4. The first-order valence-electron chi connectivity index (χ1n) is 4.14. The summed E-state index contributed by atoms with van der Waals surface area (Å²) in [5.41, 5.74) is 7.21. The first kappa shape index (κ1) is 9.00. The molecular weight excluding hydrogens is 152 g/mol. The smallest absolute Gasteiger partial charge is 0.0501 e. The monoisotopic (exact) mass is 166 g/mol. The molecule has 0 saturated heterocycles. The van der Waals surface area contributed by atoms with Crippen LogP contribution in [0.3, 0.4) is 0 Å². The second kappa shape index (κ2) is 4.72. The van der Waals surface area contributed by atoms with Gasteiger partial charge in [-0.05, 0) is 31.4 Å². The van der Waals surface area contributed by atoms with Gasteiger partial charge in [0.05, 0.1) is 11.9 Å². The fourth-order valence-corrected chi connectivity index (χ4v) is 1.00. The number of anilines is 1. The van der Waals surface area contributed by atoms with Gasteiger partial charge in [-0.1, -0.05) is 0 Å². The Balaban J connectivity index is 2.37. The van der Waals surface area contributed by atoms with Gasteiger partial charge in [-0.25, -0.2) is 0 Å². The van der Waals surface area contributed by atoms with Crippen LogP contribution in [-0.2, 0) is 6.42 Å². The molecule has 0 amide bonds. The molecule has 3 nitrogen and oxygen atoms in total. The predicted octanol–water partition coefficient (Wildman–Crippen LogP) is 0.979. The van der Waals surface area contributed by atoms with Gasteiger partial charge in [0.25, 0.3) is 0 Å². The van der Waals surface area contributed by atoms with Crippen molar-refractivity contribution < 1.29 is 5.11 Å². The number of aliphatic hydroxyl groups excluding tert-OH is 1. The van der Waals surface area contributed by atoms with Gasteiger partial charge >= 0.3 is 0 Å². The molecular formula is C9H14N2O. The molecule has 1 aromatic rings. The maximum absolute atomic E-state index is 8.55. The summed E-state index contributed by atoms with van der Waals surface area (Å²) >= 11 is 0. The van der Waals surface area contributed by atoms with Crippen LogP contribution in [0.5, 0.6) is 0 Å². The number of aromatic nitrogens is 1. The first-order chi connectivity index (χ1) is 5.83. The normalized spacial score (nSPS) is 10.1. The van der Waals surface area contributed by atoms with E-state index in [0.29, 0.717) is 5.69 Å². The number of pyridine rings is 1. The Morgan fingerprint density at radius 2 is 2.17 bits per heavy atom. The molecule has 0 aliphatic rings. The third-order valence-electron chi connectivity index (χ3n) is 1.69. The summed E-state index contributed by atoms with van der Waals surface area (Å²) in [7, 11) is 0. The zero-order valence-electron chi connectivity index (χ0n) is 7.03. The van der Waals surface area contributed by atoms with Gasteiger partial charge in [0.2, 0.25) is 0 Å². The predicted molar refractivity (Wildman–Crippen MR) is 48.7 cm³/mol. The van der Waals surface area contributed by atoms with Crippen molar-refractivity contribution in [1.29, 1.82) is 0 Å². The van der Waals surface area contributed by atoms with Gasteiger partial charge in [-0.2, -0.15) is 0 Å². The fourth-order valence-electron chi connectivity index (χ4n) is 1.00. The molecule has 0 aromatic carbocycles. The summed E-state index contributed by atoms with van der Waals surface area (Å²) in [5, 5.41) is 8.55. The quantitative estimate of drug-likeness (QED) is 0.655. The molecule has 12 heavy (non-hydrogen) atoms. The van der Waals surface area contributed by atoms with Crippen LogP contribution in [0.15, 0.2) is 18.3 Å². The molecule has 0 radical (unpaired) electrons. The third kappa shape index (κ3) is 2.88. The van der Waals surface area contributed by atoms with Crippen LogP contribution in [0.1, 0.15) is 18.5 Å². The molecule has 66 valence electrons. The Kier molecular flexibility index (Phi) is 3.54. The molecule has 0 saturated carbocycles. The zero-order valence-corrected chi connectivity index (χ0v) is 7.03. The van der Waals surface area contributed by atoms with E-state index < -0.39 is 0 Å². The fraction of sp³-hybridized carbons (Fsp3) is 0.444. The summed E-state index contributed by atoms with van der Waals surface area (Å²) in [6.07, 6.45) is 4.40. The number of nitrogen functional groups attached to an aromatic ring is 1. The molecule has 0 aliphatic heterocycles. The maximum atomic E-state index is 8.55. The average molecular weight is 166 g/mol. The molecule has 1 aromatic heterocycles. The molecule has 1 rings (SSSR count). The van der Waals surface area contributed by atoms with E-state index in [4.69, 9.17) is 10.8 Å². The van der Waals surface area contributed by atoms with Crippen molar-refractivity contribution in [2.75, 3.05) is 12.3 Å². The zero-order chi connectivity index (χ0) is 8.81. The molecule has 0 unspecified atom stereocenters. The molecule has 0 bridgehead atoms. The Morgan fingerprint density at radius 3 is 2.75 bits per heavy atom. The summed E-state index contributed by atoms with van der Waals surface area (Å²) in [6.45, 7) is 0.259. The minimum absolute atomic E-state index is 0.259.